The Morgan fingerprint density at radius 2 is 2.03 bits per heavy atom. The lowest BCUT2D eigenvalue weighted by Crippen LogP contribution is -2.52. The maximum atomic E-state index is 12.8. The van der Waals surface area contributed by atoms with Crippen LogP contribution in [-0.2, 0) is 27.2 Å². The molecule has 8 nitrogen and oxygen atoms in total. The average molecular weight is 448 g/mol. The predicted molar refractivity (Wildman–Crippen MR) is 114 cm³/mol. The second-order valence-corrected chi connectivity index (χ2v) is 10.2. The first-order chi connectivity index (χ1) is 14.8. The molecule has 1 aliphatic heterocycles. The fourth-order valence-corrected chi connectivity index (χ4v) is 5.83. The Bertz CT molecular complexity index is 903. The first kappa shape index (κ1) is 21.8. The zero-order valence-electron chi connectivity index (χ0n) is 18.0. The minimum absolute atomic E-state index is 0.444. The van der Waals surface area contributed by atoms with Crippen molar-refractivity contribution in [2.45, 2.75) is 70.8 Å². The summed E-state index contributed by atoms with van der Waals surface area (Å²) in [7, 11) is 0. The van der Waals surface area contributed by atoms with E-state index in [9.17, 15) is 19.2 Å². The number of amides is 4. The van der Waals surface area contributed by atoms with Crippen molar-refractivity contribution >= 4 is 35.2 Å². The van der Waals surface area contributed by atoms with Crippen LogP contribution in [0, 0.1) is 11.8 Å². The number of carbonyl (C=O) groups is 4. The Kier molecular flexibility index (Phi) is 6.05. The SMILES string of the molecule is CCC1CCc2sc(C(=O)OCC(=O)NN3C(=O)NC4(CCC(C)CC4)C3=O)cc2C1. The third-order valence-corrected chi connectivity index (χ3v) is 8.04. The Morgan fingerprint density at radius 3 is 2.74 bits per heavy atom. The molecule has 4 rings (SSSR count). The number of aryl methyl sites for hydroxylation is 1. The zero-order chi connectivity index (χ0) is 22.2. The van der Waals surface area contributed by atoms with E-state index in [0.29, 0.717) is 29.6 Å². The van der Waals surface area contributed by atoms with Gasteiger partial charge in [-0.15, -0.1) is 11.3 Å². The minimum Gasteiger partial charge on any atom is -0.451 e. The van der Waals surface area contributed by atoms with E-state index >= 15 is 0 Å². The van der Waals surface area contributed by atoms with Crippen LogP contribution < -0.4 is 10.7 Å². The molecular formula is C22H29N3O5S. The van der Waals surface area contributed by atoms with Crippen LogP contribution >= 0.6 is 11.3 Å². The summed E-state index contributed by atoms with van der Waals surface area (Å²) in [5.74, 6) is -0.561. The van der Waals surface area contributed by atoms with Crippen molar-refractivity contribution in [2.24, 2.45) is 11.8 Å². The second-order valence-electron chi connectivity index (χ2n) is 9.02. The minimum atomic E-state index is -0.931. The number of urea groups is 1. The molecule has 0 bridgehead atoms. The lowest BCUT2D eigenvalue weighted by atomic mass is 9.77. The summed E-state index contributed by atoms with van der Waals surface area (Å²) in [6.45, 7) is 3.74. The number of ether oxygens (including phenoxy) is 1. The second kappa shape index (κ2) is 8.61. The molecule has 1 atom stereocenters. The van der Waals surface area contributed by atoms with E-state index in [-0.39, 0.29) is 0 Å². The topological polar surface area (TPSA) is 105 Å². The fraction of sp³-hybridized carbons (Fsp3) is 0.636. The average Bonchev–Trinajstić information content (AvgIpc) is 3.28. The van der Waals surface area contributed by atoms with Gasteiger partial charge in [-0.1, -0.05) is 20.3 Å². The van der Waals surface area contributed by atoms with Gasteiger partial charge in [0.05, 0.1) is 0 Å². The van der Waals surface area contributed by atoms with Crippen molar-refractivity contribution < 1.29 is 23.9 Å². The molecule has 2 fully saturated rings. The summed E-state index contributed by atoms with van der Waals surface area (Å²) in [6.07, 6.45) is 7.00. The van der Waals surface area contributed by atoms with Crippen LogP contribution in [0.3, 0.4) is 0 Å². The van der Waals surface area contributed by atoms with E-state index in [1.54, 1.807) is 0 Å². The Hall–Kier alpha value is -2.42. The number of hydrogen-bond acceptors (Lipinski definition) is 6. The highest BCUT2D eigenvalue weighted by Gasteiger charge is 2.52. The van der Waals surface area contributed by atoms with Crippen molar-refractivity contribution in [3.8, 4) is 0 Å². The maximum absolute atomic E-state index is 12.8. The number of nitrogens with one attached hydrogen (secondary N) is 2. The molecule has 2 aliphatic carbocycles. The van der Waals surface area contributed by atoms with Gasteiger partial charge in [-0.2, -0.15) is 5.01 Å². The Morgan fingerprint density at radius 1 is 1.29 bits per heavy atom. The number of carbonyl (C=O) groups excluding carboxylic acids is 4. The van der Waals surface area contributed by atoms with Gasteiger partial charge >= 0.3 is 12.0 Å². The van der Waals surface area contributed by atoms with E-state index in [0.717, 1.165) is 43.5 Å². The molecule has 9 heteroatoms. The normalized spacial score (nSPS) is 27.7. The molecule has 1 spiro atoms. The van der Waals surface area contributed by atoms with Gasteiger partial charge in [0.25, 0.3) is 11.8 Å². The molecule has 2 heterocycles. The number of hydrogen-bond donors (Lipinski definition) is 2. The molecule has 1 aromatic rings. The van der Waals surface area contributed by atoms with Crippen LogP contribution in [0.2, 0.25) is 0 Å². The third kappa shape index (κ3) is 4.33. The van der Waals surface area contributed by atoms with Gasteiger partial charge in [0.1, 0.15) is 10.4 Å². The first-order valence-corrected chi connectivity index (χ1v) is 11.9. The first-order valence-electron chi connectivity index (χ1n) is 11.1. The molecule has 168 valence electrons. The highest BCUT2D eigenvalue weighted by atomic mass is 32.1. The van der Waals surface area contributed by atoms with Crippen molar-refractivity contribution in [3.63, 3.8) is 0 Å². The van der Waals surface area contributed by atoms with Gasteiger partial charge in [-0.05, 0) is 68.4 Å². The smallest absolute Gasteiger partial charge is 0.348 e. The standard InChI is InChI=1S/C22H29N3O5S/c1-3-14-4-5-16-15(10-14)11-17(31-16)19(27)30-12-18(26)24-25-20(28)22(23-21(25)29)8-6-13(2)7-9-22/h11,13-14H,3-10,12H2,1-2H3,(H,23,29)(H,24,26). The highest BCUT2D eigenvalue weighted by Crippen LogP contribution is 2.36. The number of esters is 1. The van der Waals surface area contributed by atoms with Crippen LogP contribution in [0.1, 0.15) is 72.5 Å². The molecule has 3 aliphatic rings. The zero-order valence-corrected chi connectivity index (χ0v) is 18.8. The molecule has 31 heavy (non-hydrogen) atoms. The predicted octanol–water partition coefficient (Wildman–Crippen LogP) is 2.95. The monoisotopic (exact) mass is 447 g/mol. The Labute approximate surface area is 185 Å². The van der Waals surface area contributed by atoms with Crippen molar-refractivity contribution in [1.82, 2.24) is 15.8 Å². The quantitative estimate of drug-likeness (QED) is 0.533. The summed E-state index contributed by atoms with van der Waals surface area (Å²) in [5.41, 5.74) is 2.56. The fourth-order valence-electron chi connectivity index (χ4n) is 4.72. The number of nitrogens with zero attached hydrogens (tertiary/aromatic N) is 1. The number of rotatable bonds is 5. The van der Waals surface area contributed by atoms with Crippen LogP contribution in [0.25, 0.3) is 0 Å². The molecule has 0 radical (unpaired) electrons. The van der Waals surface area contributed by atoms with Crippen molar-refractivity contribution in [3.05, 3.63) is 21.4 Å². The summed E-state index contributed by atoms with van der Waals surface area (Å²) in [6, 6.07) is 1.23. The molecule has 1 saturated carbocycles. The van der Waals surface area contributed by atoms with Gasteiger partial charge in [-0.25, -0.2) is 9.59 Å². The molecule has 0 aromatic carbocycles. The highest BCUT2D eigenvalue weighted by molar-refractivity contribution is 7.14. The number of hydrazine groups is 1. The van der Waals surface area contributed by atoms with Crippen LogP contribution in [0.5, 0.6) is 0 Å². The number of fused-ring (bicyclic) bond motifs is 1. The third-order valence-electron chi connectivity index (χ3n) is 6.82. The summed E-state index contributed by atoms with van der Waals surface area (Å²) in [4.78, 5) is 51.4. The molecule has 4 amide bonds. The lowest BCUT2D eigenvalue weighted by Gasteiger charge is -2.33. The number of imide groups is 1. The van der Waals surface area contributed by atoms with E-state index in [1.807, 2.05) is 6.07 Å². The maximum Gasteiger partial charge on any atom is 0.348 e. The summed E-state index contributed by atoms with van der Waals surface area (Å²) in [5, 5.41) is 3.46. The Balaban J connectivity index is 1.30. The van der Waals surface area contributed by atoms with Crippen LogP contribution in [0.15, 0.2) is 6.07 Å². The van der Waals surface area contributed by atoms with Crippen molar-refractivity contribution in [2.75, 3.05) is 6.61 Å². The van der Waals surface area contributed by atoms with E-state index in [2.05, 4.69) is 24.6 Å². The van der Waals surface area contributed by atoms with E-state index in [4.69, 9.17) is 4.74 Å². The van der Waals surface area contributed by atoms with Gasteiger partial charge in [0, 0.05) is 4.88 Å². The van der Waals surface area contributed by atoms with E-state index in [1.165, 1.54) is 21.8 Å². The van der Waals surface area contributed by atoms with E-state index < -0.39 is 36.0 Å². The molecule has 1 unspecified atom stereocenters. The van der Waals surface area contributed by atoms with Crippen molar-refractivity contribution in [1.29, 1.82) is 0 Å². The van der Waals surface area contributed by atoms with Crippen LogP contribution in [-0.4, -0.2) is 41.0 Å². The molecule has 1 aromatic heterocycles. The lowest BCUT2D eigenvalue weighted by molar-refractivity contribution is -0.141. The van der Waals surface area contributed by atoms with Gasteiger partial charge < -0.3 is 10.1 Å². The molecular weight excluding hydrogens is 418 g/mol. The van der Waals surface area contributed by atoms with Crippen LogP contribution in [0.4, 0.5) is 4.79 Å². The summed E-state index contributed by atoms with van der Waals surface area (Å²) < 4.78 is 5.14. The van der Waals surface area contributed by atoms with Gasteiger partial charge in [0.2, 0.25) is 0 Å². The molecule has 2 N–H and O–H groups in total. The van der Waals surface area contributed by atoms with Gasteiger partial charge in [-0.3, -0.25) is 15.0 Å². The number of thiophene rings is 1. The largest absolute Gasteiger partial charge is 0.451 e. The molecule has 1 saturated heterocycles. The van der Waals surface area contributed by atoms with Gasteiger partial charge in [0.15, 0.2) is 6.61 Å². The summed E-state index contributed by atoms with van der Waals surface area (Å²) >= 11 is 1.42.